The first-order valence-electron chi connectivity index (χ1n) is 10.1. The van der Waals surface area contributed by atoms with Crippen molar-refractivity contribution in [2.75, 3.05) is 28.3 Å². The number of nitrogens with one attached hydrogen (secondary N) is 2. The summed E-state index contributed by atoms with van der Waals surface area (Å²) in [6, 6.07) is 7.80. The Morgan fingerprint density at radius 1 is 1.24 bits per heavy atom. The number of amides is 3. The molecule has 1 aliphatic heterocycles. The lowest BCUT2D eigenvalue weighted by Crippen LogP contribution is -2.34. The second-order valence-electron chi connectivity index (χ2n) is 7.28. The summed E-state index contributed by atoms with van der Waals surface area (Å²) in [6.07, 6.45) is 1.65. The van der Waals surface area contributed by atoms with E-state index < -0.39 is 17.9 Å². The number of ether oxygens (including phenoxy) is 2. The van der Waals surface area contributed by atoms with Crippen LogP contribution in [0.5, 0.6) is 5.75 Å². The van der Waals surface area contributed by atoms with E-state index in [0.717, 1.165) is 16.9 Å². The van der Waals surface area contributed by atoms with Crippen molar-refractivity contribution in [3.8, 4) is 5.75 Å². The molecule has 0 saturated heterocycles. The maximum absolute atomic E-state index is 11.7. The summed E-state index contributed by atoms with van der Waals surface area (Å²) >= 11 is 0. The van der Waals surface area contributed by atoms with Crippen LogP contribution in [0.1, 0.15) is 38.1 Å². The van der Waals surface area contributed by atoms with Gasteiger partial charge in [0.15, 0.2) is 5.58 Å². The van der Waals surface area contributed by atoms with Gasteiger partial charge in [0.1, 0.15) is 23.1 Å². The number of benzene rings is 1. The maximum Gasteiger partial charge on any atom is 0.339 e. The molecule has 2 aromatic heterocycles. The fourth-order valence-electron chi connectivity index (χ4n) is 3.40. The fraction of sp³-hybridized carbons (Fsp3) is 0.261. The molecule has 0 bridgehead atoms. The Morgan fingerprint density at radius 3 is 2.65 bits per heavy atom. The molecule has 1 aliphatic rings. The minimum absolute atomic E-state index is 0.0777. The number of esters is 1. The highest BCUT2D eigenvalue weighted by Gasteiger charge is 2.24. The lowest BCUT2D eigenvalue weighted by Gasteiger charge is -2.10. The molecule has 3 amide bonds. The van der Waals surface area contributed by atoms with Crippen LogP contribution in [0.2, 0.25) is 0 Å². The first kappa shape index (κ1) is 24.4. The van der Waals surface area contributed by atoms with E-state index in [0.29, 0.717) is 24.1 Å². The van der Waals surface area contributed by atoms with Crippen molar-refractivity contribution in [1.29, 1.82) is 0 Å². The number of methoxy groups -OCH3 is 2. The van der Waals surface area contributed by atoms with Crippen LogP contribution in [0, 0.1) is 0 Å². The molecule has 4 rings (SSSR count). The zero-order chi connectivity index (χ0) is 24.8. The Balaban J connectivity index is 0.000000212. The van der Waals surface area contributed by atoms with Crippen molar-refractivity contribution in [2.24, 2.45) is 0 Å². The Hall–Kier alpha value is -4.25. The highest BCUT2D eigenvalue weighted by atomic mass is 16.5. The van der Waals surface area contributed by atoms with Gasteiger partial charge >= 0.3 is 5.97 Å². The van der Waals surface area contributed by atoms with Crippen LogP contribution in [-0.4, -0.2) is 62.4 Å². The number of rotatable bonds is 6. The van der Waals surface area contributed by atoms with E-state index in [1.54, 1.807) is 38.2 Å². The van der Waals surface area contributed by atoms with E-state index in [-0.39, 0.29) is 17.2 Å². The largest absolute Gasteiger partial charge is 0.497 e. The zero-order valence-corrected chi connectivity index (χ0v) is 19.1. The predicted octanol–water partition coefficient (Wildman–Crippen LogP) is 1.43. The number of fused-ring (bicyclic) bond motifs is 2. The van der Waals surface area contributed by atoms with Crippen LogP contribution in [-0.2, 0) is 20.9 Å². The number of nitrogens with zero attached hydrogens (tertiary/aromatic N) is 2. The molecule has 178 valence electrons. The molecule has 1 atom stereocenters. The first-order valence-corrected chi connectivity index (χ1v) is 10.1. The van der Waals surface area contributed by atoms with Gasteiger partial charge in [-0.15, -0.1) is 0 Å². The predicted molar refractivity (Wildman–Crippen MR) is 120 cm³/mol. The van der Waals surface area contributed by atoms with Crippen molar-refractivity contribution in [3.05, 3.63) is 59.0 Å². The monoisotopic (exact) mass is 468 g/mol. The van der Waals surface area contributed by atoms with Crippen LogP contribution in [0.15, 0.2) is 40.9 Å². The van der Waals surface area contributed by atoms with Crippen molar-refractivity contribution < 1.29 is 33.1 Å². The minimum atomic E-state index is -0.842. The van der Waals surface area contributed by atoms with Gasteiger partial charge in [0, 0.05) is 31.4 Å². The van der Waals surface area contributed by atoms with E-state index in [9.17, 15) is 19.2 Å². The van der Waals surface area contributed by atoms with Gasteiger partial charge < -0.3 is 24.1 Å². The van der Waals surface area contributed by atoms with E-state index in [2.05, 4.69) is 15.0 Å². The van der Waals surface area contributed by atoms with Gasteiger partial charge in [-0.3, -0.25) is 24.7 Å². The van der Waals surface area contributed by atoms with E-state index in [4.69, 9.17) is 9.15 Å². The van der Waals surface area contributed by atoms with Gasteiger partial charge in [0.25, 0.3) is 11.8 Å². The van der Waals surface area contributed by atoms with Crippen molar-refractivity contribution in [1.82, 2.24) is 20.5 Å². The van der Waals surface area contributed by atoms with E-state index in [1.165, 1.54) is 19.4 Å². The molecule has 0 fully saturated rings. The summed E-state index contributed by atoms with van der Waals surface area (Å²) < 4.78 is 15.2. The SMILES string of the molecule is CNC(C(=O)NC=O)c1cc2ncc(C(=O)OC)cc2o1.COc1ccc2c(c1)C(=O)N(C)C2. The Bertz CT molecular complexity index is 1240. The Kier molecular flexibility index (Phi) is 7.59. The van der Waals surface area contributed by atoms with Crippen molar-refractivity contribution in [3.63, 3.8) is 0 Å². The first-order chi connectivity index (χ1) is 16.3. The number of carbonyl (C=O) groups is 4. The quantitative estimate of drug-likeness (QED) is 0.406. The van der Waals surface area contributed by atoms with Gasteiger partial charge in [-0.2, -0.15) is 0 Å². The summed E-state index contributed by atoms with van der Waals surface area (Å²) in [4.78, 5) is 50.8. The van der Waals surface area contributed by atoms with Gasteiger partial charge in [-0.1, -0.05) is 6.07 Å². The van der Waals surface area contributed by atoms with Crippen LogP contribution in [0.3, 0.4) is 0 Å². The third-order valence-electron chi connectivity index (χ3n) is 5.15. The molecule has 0 spiro atoms. The standard InChI is InChI=1S/C13H13N3O5.C10H11NO2/c1-14-11(12(18)16-6-17)10-4-8-9(21-10)3-7(5-15-8)13(19)20-2;1-11-6-7-3-4-8(13-2)5-9(7)10(11)12/h3-6,11,14H,1-2H3,(H,16,17,18);3-5H,6H2,1-2H3. The molecule has 3 aromatic rings. The summed E-state index contributed by atoms with van der Waals surface area (Å²) in [5, 5.41) is 4.77. The van der Waals surface area contributed by atoms with Gasteiger partial charge in [-0.05, 0) is 30.8 Å². The third-order valence-corrected chi connectivity index (χ3v) is 5.15. The number of imide groups is 1. The van der Waals surface area contributed by atoms with Gasteiger partial charge in [0.05, 0.1) is 19.8 Å². The molecule has 1 aromatic carbocycles. The lowest BCUT2D eigenvalue weighted by atomic mass is 10.1. The third kappa shape index (κ3) is 5.04. The molecule has 3 heterocycles. The molecule has 0 radical (unpaired) electrons. The van der Waals surface area contributed by atoms with Crippen molar-refractivity contribution in [2.45, 2.75) is 12.6 Å². The van der Waals surface area contributed by atoms with Gasteiger partial charge in [-0.25, -0.2) is 4.79 Å². The molecule has 0 aliphatic carbocycles. The molecule has 0 saturated carbocycles. The second-order valence-corrected chi connectivity index (χ2v) is 7.28. The topological polar surface area (TPSA) is 140 Å². The smallest absolute Gasteiger partial charge is 0.339 e. The summed E-state index contributed by atoms with van der Waals surface area (Å²) in [5.74, 6) is 0.00336. The van der Waals surface area contributed by atoms with E-state index >= 15 is 0 Å². The average molecular weight is 468 g/mol. The maximum atomic E-state index is 11.7. The number of carbonyl (C=O) groups excluding carboxylic acids is 4. The van der Waals surface area contributed by atoms with E-state index in [1.807, 2.05) is 17.4 Å². The fourth-order valence-corrected chi connectivity index (χ4v) is 3.40. The number of furan rings is 1. The van der Waals surface area contributed by atoms with Crippen molar-refractivity contribution >= 4 is 35.3 Å². The Morgan fingerprint density at radius 2 is 2.00 bits per heavy atom. The molecule has 34 heavy (non-hydrogen) atoms. The number of hydrogen-bond acceptors (Lipinski definition) is 9. The molecule has 11 heteroatoms. The zero-order valence-electron chi connectivity index (χ0n) is 19.1. The van der Waals surface area contributed by atoms with Crippen LogP contribution < -0.4 is 15.4 Å². The summed E-state index contributed by atoms with van der Waals surface area (Å²) in [7, 11) is 6.22. The molecular weight excluding hydrogens is 444 g/mol. The van der Waals surface area contributed by atoms with Gasteiger partial charge in [0.2, 0.25) is 6.41 Å². The number of aromatic nitrogens is 1. The van der Waals surface area contributed by atoms with Crippen LogP contribution in [0.25, 0.3) is 11.1 Å². The summed E-state index contributed by atoms with van der Waals surface area (Å²) in [6.45, 7) is 0.707. The highest BCUT2D eigenvalue weighted by molar-refractivity contribution is 5.98. The average Bonchev–Trinajstić information content (AvgIpc) is 3.39. The normalized spacial score (nSPS) is 12.9. The summed E-state index contributed by atoms with van der Waals surface area (Å²) in [5.41, 5.74) is 2.91. The highest BCUT2D eigenvalue weighted by Crippen LogP contribution is 2.25. The number of pyridine rings is 1. The second kappa shape index (κ2) is 10.6. The molecule has 2 N–H and O–H groups in total. The lowest BCUT2D eigenvalue weighted by molar-refractivity contribution is -0.127. The number of likely N-dealkylation sites (N-methyl/N-ethyl adjacent to an activating group) is 1. The molecular formula is C23H24N4O7. The Labute approximate surface area is 195 Å². The number of hydrogen-bond donors (Lipinski definition) is 2. The van der Waals surface area contributed by atoms with Crippen LogP contribution >= 0.6 is 0 Å². The van der Waals surface area contributed by atoms with Crippen LogP contribution in [0.4, 0.5) is 0 Å². The molecule has 11 nitrogen and oxygen atoms in total. The molecule has 1 unspecified atom stereocenters. The minimum Gasteiger partial charge on any atom is -0.497 e.